The Balaban J connectivity index is 1.29. The number of hydrogen-bond donors (Lipinski definition) is 0. The number of Topliss-reactive ketones (excluding diaryl/α,β-unsaturated/α-hetero) is 1. The van der Waals surface area contributed by atoms with Crippen LogP contribution in [0.2, 0.25) is 0 Å². The highest BCUT2D eigenvalue weighted by molar-refractivity contribution is 5.99. The minimum Gasteiger partial charge on any atom is -0.493 e. The first kappa shape index (κ1) is 21.1. The average molecular weight is 412 g/mol. The first-order chi connectivity index (χ1) is 14.5. The van der Waals surface area contributed by atoms with Gasteiger partial charge in [-0.05, 0) is 37.1 Å². The summed E-state index contributed by atoms with van der Waals surface area (Å²) in [7, 11) is 1.71. The predicted octanol–water partition coefficient (Wildman–Crippen LogP) is 2.69. The molecule has 4 rings (SSSR count). The maximum Gasteiger partial charge on any atom is 0.178 e. The van der Waals surface area contributed by atoms with Crippen LogP contribution in [0.3, 0.4) is 0 Å². The summed E-state index contributed by atoms with van der Waals surface area (Å²) >= 11 is 0. The standard InChI is InChI=1S/C24H33N3O3/c1-18-14-22(19(2)27(18)11-13-29-3)23(28)17-26-9-7-25(8-10-26)16-20-4-5-24-21(15-20)6-12-30-24/h4-5,14-15H,6-13,16-17H2,1-3H3. The van der Waals surface area contributed by atoms with Crippen LogP contribution >= 0.6 is 0 Å². The molecule has 2 aliphatic heterocycles. The zero-order valence-electron chi connectivity index (χ0n) is 18.4. The summed E-state index contributed by atoms with van der Waals surface area (Å²) in [6, 6.07) is 8.60. The molecule has 0 radical (unpaired) electrons. The van der Waals surface area contributed by atoms with E-state index in [4.69, 9.17) is 9.47 Å². The van der Waals surface area contributed by atoms with Gasteiger partial charge in [0, 0.05) is 69.8 Å². The van der Waals surface area contributed by atoms with Crippen molar-refractivity contribution < 1.29 is 14.3 Å². The number of methoxy groups -OCH3 is 1. The normalized spacial score (nSPS) is 17.2. The number of rotatable bonds is 8. The van der Waals surface area contributed by atoms with Crippen LogP contribution in [0.5, 0.6) is 5.75 Å². The van der Waals surface area contributed by atoms with Crippen molar-refractivity contribution in [3.63, 3.8) is 0 Å². The van der Waals surface area contributed by atoms with Crippen LogP contribution < -0.4 is 4.74 Å². The van der Waals surface area contributed by atoms with Crippen molar-refractivity contribution in [2.45, 2.75) is 33.4 Å². The molecule has 0 N–H and O–H groups in total. The molecule has 1 saturated heterocycles. The minimum absolute atomic E-state index is 0.221. The summed E-state index contributed by atoms with van der Waals surface area (Å²) in [5, 5.41) is 0. The Morgan fingerprint density at radius 3 is 2.63 bits per heavy atom. The highest BCUT2D eigenvalue weighted by atomic mass is 16.5. The Bertz CT molecular complexity index is 897. The molecule has 0 spiro atoms. The van der Waals surface area contributed by atoms with Gasteiger partial charge in [-0.3, -0.25) is 14.6 Å². The zero-order valence-corrected chi connectivity index (χ0v) is 18.4. The van der Waals surface area contributed by atoms with Gasteiger partial charge in [-0.1, -0.05) is 12.1 Å². The zero-order chi connectivity index (χ0) is 21.1. The molecule has 6 heteroatoms. The first-order valence-electron chi connectivity index (χ1n) is 10.9. The van der Waals surface area contributed by atoms with Crippen molar-refractivity contribution >= 4 is 5.78 Å². The summed E-state index contributed by atoms with van der Waals surface area (Å²) in [6.07, 6.45) is 1.02. The maximum atomic E-state index is 12.9. The smallest absolute Gasteiger partial charge is 0.178 e. The lowest BCUT2D eigenvalue weighted by Gasteiger charge is -2.34. The molecule has 1 aromatic heterocycles. The van der Waals surface area contributed by atoms with Crippen molar-refractivity contribution in [3.8, 4) is 5.75 Å². The molecule has 162 valence electrons. The van der Waals surface area contributed by atoms with Crippen LogP contribution in [-0.4, -0.2) is 73.2 Å². The van der Waals surface area contributed by atoms with Crippen LogP contribution in [-0.2, 0) is 24.2 Å². The van der Waals surface area contributed by atoms with Gasteiger partial charge < -0.3 is 14.0 Å². The number of nitrogens with zero attached hydrogens (tertiary/aromatic N) is 3. The molecule has 0 saturated carbocycles. The molecule has 1 fully saturated rings. The van der Waals surface area contributed by atoms with E-state index in [1.54, 1.807) is 7.11 Å². The summed E-state index contributed by atoms with van der Waals surface area (Å²) < 4.78 is 13.0. The Morgan fingerprint density at radius 2 is 1.87 bits per heavy atom. The number of ether oxygens (including phenoxy) is 2. The molecule has 0 bridgehead atoms. The molecule has 2 aliphatic rings. The van der Waals surface area contributed by atoms with E-state index in [2.05, 4.69) is 39.5 Å². The van der Waals surface area contributed by atoms with E-state index in [0.717, 1.165) is 75.0 Å². The van der Waals surface area contributed by atoms with Crippen molar-refractivity contribution in [1.82, 2.24) is 14.4 Å². The number of benzene rings is 1. The van der Waals surface area contributed by atoms with Gasteiger partial charge in [-0.25, -0.2) is 0 Å². The van der Waals surface area contributed by atoms with Gasteiger partial charge in [0.25, 0.3) is 0 Å². The van der Waals surface area contributed by atoms with Crippen LogP contribution in [0.25, 0.3) is 0 Å². The Labute approximate surface area is 179 Å². The summed E-state index contributed by atoms with van der Waals surface area (Å²) in [5.41, 5.74) is 5.71. The van der Waals surface area contributed by atoms with E-state index in [1.807, 2.05) is 13.0 Å². The number of piperazine rings is 1. The predicted molar refractivity (Wildman–Crippen MR) is 117 cm³/mol. The number of aryl methyl sites for hydroxylation is 1. The first-order valence-corrected chi connectivity index (χ1v) is 10.9. The lowest BCUT2D eigenvalue weighted by Crippen LogP contribution is -2.47. The quantitative estimate of drug-likeness (QED) is 0.625. The number of carbonyl (C=O) groups is 1. The molecule has 0 amide bonds. The second-order valence-electron chi connectivity index (χ2n) is 8.45. The van der Waals surface area contributed by atoms with Crippen LogP contribution in [0, 0.1) is 13.8 Å². The fourth-order valence-electron chi connectivity index (χ4n) is 4.60. The topological polar surface area (TPSA) is 46.9 Å². The number of aromatic nitrogens is 1. The average Bonchev–Trinajstić information content (AvgIpc) is 3.32. The van der Waals surface area contributed by atoms with Gasteiger partial charge >= 0.3 is 0 Å². The summed E-state index contributed by atoms with van der Waals surface area (Å²) in [4.78, 5) is 17.7. The second kappa shape index (κ2) is 9.33. The number of carbonyl (C=O) groups excluding carboxylic acids is 1. The lowest BCUT2D eigenvalue weighted by molar-refractivity contribution is 0.0843. The minimum atomic E-state index is 0.221. The number of hydrogen-bond acceptors (Lipinski definition) is 5. The van der Waals surface area contributed by atoms with Crippen molar-refractivity contribution in [1.29, 1.82) is 0 Å². The van der Waals surface area contributed by atoms with Gasteiger partial charge in [0.1, 0.15) is 5.75 Å². The molecular weight excluding hydrogens is 378 g/mol. The van der Waals surface area contributed by atoms with E-state index in [-0.39, 0.29) is 5.78 Å². The van der Waals surface area contributed by atoms with Crippen LogP contribution in [0.15, 0.2) is 24.3 Å². The molecule has 3 heterocycles. The Kier molecular flexibility index (Phi) is 6.56. The van der Waals surface area contributed by atoms with Gasteiger partial charge in [0.2, 0.25) is 0 Å². The molecule has 2 aromatic rings. The fourth-order valence-corrected chi connectivity index (χ4v) is 4.60. The fraction of sp³-hybridized carbons (Fsp3) is 0.542. The lowest BCUT2D eigenvalue weighted by atomic mass is 10.1. The third-order valence-electron chi connectivity index (χ3n) is 6.39. The van der Waals surface area contributed by atoms with E-state index in [1.165, 1.54) is 11.1 Å². The van der Waals surface area contributed by atoms with Gasteiger partial charge in [-0.2, -0.15) is 0 Å². The van der Waals surface area contributed by atoms with E-state index >= 15 is 0 Å². The maximum absolute atomic E-state index is 12.9. The molecular formula is C24H33N3O3. The van der Waals surface area contributed by atoms with Crippen molar-refractivity contribution in [3.05, 3.63) is 52.3 Å². The Hall–Kier alpha value is -2.15. The van der Waals surface area contributed by atoms with Gasteiger partial charge in [0.15, 0.2) is 5.78 Å². The largest absolute Gasteiger partial charge is 0.493 e. The monoisotopic (exact) mass is 411 g/mol. The third kappa shape index (κ3) is 4.61. The van der Waals surface area contributed by atoms with E-state index in [0.29, 0.717) is 13.2 Å². The highest BCUT2D eigenvalue weighted by Crippen LogP contribution is 2.26. The molecule has 1 aromatic carbocycles. The molecule has 30 heavy (non-hydrogen) atoms. The summed E-state index contributed by atoms with van der Waals surface area (Å²) in [5.74, 6) is 1.27. The molecule has 0 atom stereocenters. The van der Waals surface area contributed by atoms with Gasteiger partial charge in [0.05, 0.1) is 19.8 Å². The van der Waals surface area contributed by atoms with E-state index < -0.39 is 0 Å². The molecule has 0 unspecified atom stereocenters. The summed E-state index contributed by atoms with van der Waals surface area (Å²) in [6.45, 7) is 11.7. The third-order valence-corrected chi connectivity index (χ3v) is 6.39. The number of ketones is 1. The highest BCUT2D eigenvalue weighted by Gasteiger charge is 2.22. The van der Waals surface area contributed by atoms with Crippen LogP contribution in [0.4, 0.5) is 0 Å². The van der Waals surface area contributed by atoms with Crippen molar-refractivity contribution in [2.75, 3.05) is 53.0 Å². The number of fused-ring (bicyclic) bond motifs is 1. The van der Waals surface area contributed by atoms with E-state index in [9.17, 15) is 4.79 Å². The van der Waals surface area contributed by atoms with Gasteiger partial charge in [-0.15, -0.1) is 0 Å². The molecule has 0 aliphatic carbocycles. The SMILES string of the molecule is COCCn1c(C)cc(C(=O)CN2CCN(Cc3ccc4c(c3)CCO4)CC2)c1C. The van der Waals surface area contributed by atoms with Crippen molar-refractivity contribution in [2.24, 2.45) is 0 Å². The Morgan fingerprint density at radius 1 is 1.10 bits per heavy atom. The second-order valence-corrected chi connectivity index (χ2v) is 8.45. The van der Waals surface area contributed by atoms with Crippen LogP contribution in [0.1, 0.15) is 32.9 Å². The molecule has 6 nitrogen and oxygen atoms in total.